The van der Waals surface area contributed by atoms with Gasteiger partial charge < -0.3 is 14.8 Å². The quantitative estimate of drug-likeness (QED) is 0.737. The summed E-state index contributed by atoms with van der Waals surface area (Å²) in [6.07, 6.45) is 0. The third kappa shape index (κ3) is 4.45. The van der Waals surface area contributed by atoms with Gasteiger partial charge in [-0.05, 0) is 49.6 Å². The number of hydrogen-bond acceptors (Lipinski definition) is 5. The van der Waals surface area contributed by atoms with Crippen molar-refractivity contribution in [3.63, 3.8) is 0 Å². The number of fused-ring (bicyclic) bond motifs is 1. The number of esters is 1. The van der Waals surface area contributed by atoms with Gasteiger partial charge in [0.25, 0.3) is 5.91 Å². The Bertz CT molecular complexity index is 950. The van der Waals surface area contributed by atoms with Gasteiger partial charge in [-0.1, -0.05) is 38.1 Å². The highest BCUT2D eigenvalue weighted by molar-refractivity contribution is 6.14. The zero-order valence-corrected chi connectivity index (χ0v) is 17.6. The summed E-state index contributed by atoms with van der Waals surface area (Å²) >= 11 is 0. The van der Waals surface area contributed by atoms with Crippen LogP contribution in [0.5, 0.6) is 5.75 Å². The van der Waals surface area contributed by atoms with Crippen molar-refractivity contribution in [2.24, 2.45) is 0 Å². The van der Waals surface area contributed by atoms with Gasteiger partial charge in [-0.2, -0.15) is 0 Å². The number of hydrogen-bond donors (Lipinski definition) is 1. The number of carbonyl (C=O) groups excluding carboxylic acids is 3. The van der Waals surface area contributed by atoms with Gasteiger partial charge >= 0.3 is 5.97 Å². The zero-order chi connectivity index (χ0) is 21.9. The monoisotopic (exact) mass is 410 g/mol. The first-order chi connectivity index (χ1) is 14.2. The van der Waals surface area contributed by atoms with E-state index in [0.717, 1.165) is 0 Å². The molecule has 0 bridgehead atoms. The van der Waals surface area contributed by atoms with Crippen LogP contribution < -0.4 is 15.0 Å². The Morgan fingerprint density at radius 3 is 2.37 bits per heavy atom. The van der Waals surface area contributed by atoms with E-state index < -0.39 is 24.0 Å². The van der Waals surface area contributed by atoms with Crippen LogP contribution in [0.2, 0.25) is 0 Å². The lowest BCUT2D eigenvalue weighted by molar-refractivity contribution is -0.150. The van der Waals surface area contributed by atoms with E-state index in [4.69, 9.17) is 9.47 Å². The van der Waals surface area contributed by atoms with Crippen LogP contribution in [0, 0.1) is 0 Å². The second kappa shape index (κ2) is 8.57. The molecule has 0 spiro atoms. The zero-order valence-electron chi connectivity index (χ0n) is 17.6. The van der Waals surface area contributed by atoms with Crippen LogP contribution >= 0.6 is 0 Å². The van der Waals surface area contributed by atoms with Crippen LogP contribution in [-0.2, 0) is 19.1 Å². The van der Waals surface area contributed by atoms with Crippen molar-refractivity contribution >= 4 is 29.2 Å². The second-order valence-electron chi connectivity index (χ2n) is 7.93. The Morgan fingerprint density at radius 2 is 1.70 bits per heavy atom. The maximum atomic E-state index is 12.8. The first-order valence-electron chi connectivity index (χ1n) is 9.82. The summed E-state index contributed by atoms with van der Waals surface area (Å²) in [6, 6.07) is 14.5. The minimum Gasteiger partial charge on any atom is -0.482 e. The van der Waals surface area contributed by atoms with Crippen LogP contribution in [-0.4, -0.2) is 36.5 Å². The Labute approximate surface area is 176 Å². The topological polar surface area (TPSA) is 84.9 Å². The molecule has 1 aliphatic heterocycles. The van der Waals surface area contributed by atoms with E-state index in [1.54, 1.807) is 50.2 Å². The van der Waals surface area contributed by atoms with Crippen molar-refractivity contribution < 1.29 is 23.9 Å². The van der Waals surface area contributed by atoms with Crippen molar-refractivity contribution in [3.8, 4) is 5.75 Å². The Hall–Kier alpha value is -3.35. The highest BCUT2D eigenvalue weighted by atomic mass is 16.6. The average Bonchev–Trinajstić information content (AvgIpc) is 2.71. The highest BCUT2D eigenvalue weighted by Gasteiger charge is 2.43. The number of ether oxygens (including phenoxy) is 2. The molecule has 7 nitrogen and oxygen atoms in total. The van der Waals surface area contributed by atoms with Gasteiger partial charge in [-0.25, -0.2) is 4.79 Å². The van der Waals surface area contributed by atoms with E-state index in [-0.39, 0.29) is 12.5 Å². The van der Waals surface area contributed by atoms with Crippen LogP contribution in [0.4, 0.5) is 11.4 Å². The van der Waals surface area contributed by atoms with Crippen molar-refractivity contribution in [1.29, 1.82) is 0 Å². The largest absolute Gasteiger partial charge is 0.482 e. The predicted octanol–water partition coefficient (Wildman–Crippen LogP) is 3.50. The molecule has 3 rings (SSSR count). The van der Waals surface area contributed by atoms with Crippen LogP contribution in [0.25, 0.3) is 0 Å². The lowest BCUT2D eigenvalue weighted by atomic mass is 9.96. The van der Waals surface area contributed by atoms with E-state index in [0.29, 0.717) is 23.0 Å². The maximum absolute atomic E-state index is 12.8. The fourth-order valence-corrected chi connectivity index (χ4v) is 3.24. The molecule has 0 aliphatic carbocycles. The summed E-state index contributed by atoms with van der Waals surface area (Å²) in [5, 5.41) is 2.79. The summed E-state index contributed by atoms with van der Waals surface area (Å²) in [6.45, 7) is 6.67. The molecule has 1 heterocycles. The van der Waals surface area contributed by atoms with E-state index in [1.807, 2.05) is 12.1 Å². The standard InChI is InChI=1S/C23H26N2O5/c1-15(2)16-9-11-17(12-10-16)29-14-21(27)30-13-20(26)25-19-8-6-5-7-18(19)24-22(28)23(25,3)4/h5-12,15H,13-14H2,1-4H3,(H,24,28). The molecule has 1 N–H and O–H groups in total. The molecule has 158 valence electrons. The molecule has 30 heavy (non-hydrogen) atoms. The predicted molar refractivity (Wildman–Crippen MR) is 114 cm³/mol. The number of para-hydroxylation sites is 2. The first kappa shape index (κ1) is 21.4. The summed E-state index contributed by atoms with van der Waals surface area (Å²) in [7, 11) is 0. The van der Waals surface area contributed by atoms with E-state index in [2.05, 4.69) is 19.2 Å². The van der Waals surface area contributed by atoms with Gasteiger partial charge in [0, 0.05) is 0 Å². The molecule has 1 aliphatic rings. The Kier molecular flexibility index (Phi) is 6.10. The van der Waals surface area contributed by atoms with Crippen molar-refractivity contribution in [1.82, 2.24) is 0 Å². The number of nitrogens with one attached hydrogen (secondary N) is 1. The molecule has 2 aromatic carbocycles. The molecule has 7 heteroatoms. The molecule has 2 aromatic rings. The van der Waals surface area contributed by atoms with E-state index in [1.165, 1.54) is 10.5 Å². The van der Waals surface area contributed by atoms with Crippen molar-refractivity contribution in [3.05, 3.63) is 54.1 Å². The SMILES string of the molecule is CC(C)c1ccc(OCC(=O)OCC(=O)N2c3ccccc3NC(=O)C2(C)C)cc1. The molecular formula is C23H26N2O5. The highest BCUT2D eigenvalue weighted by Crippen LogP contribution is 2.36. The number of anilines is 2. The molecule has 0 saturated heterocycles. The molecule has 0 saturated carbocycles. The normalized spacial score (nSPS) is 14.7. The molecule has 0 aromatic heterocycles. The smallest absolute Gasteiger partial charge is 0.344 e. The van der Waals surface area contributed by atoms with Crippen LogP contribution in [0.3, 0.4) is 0 Å². The van der Waals surface area contributed by atoms with Crippen molar-refractivity contribution in [2.45, 2.75) is 39.2 Å². The molecule has 0 unspecified atom stereocenters. The van der Waals surface area contributed by atoms with Crippen LogP contribution in [0.1, 0.15) is 39.2 Å². The van der Waals surface area contributed by atoms with Gasteiger partial charge in [0.05, 0.1) is 11.4 Å². The first-order valence-corrected chi connectivity index (χ1v) is 9.82. The van der Waals surface area contributed by atoms with Gasteiger partial charge in [0.1, 0.15) is 11.3 Å². The Balaban J connectivity index is 1.59. The summed E-state index contributed by atoms with van der Waals surface area (Å²) < 4.78 is 10.5. The Morgan fingerprint density at radius 1 is 1.03 bits per heavy atom. The fraction of sp³-hybridized carbons (Fsp3) is 0.348. The van der Waals surface area contributed by atoms with Gasteiger partial charge in [0.2, 0.25) is 5.91 Å². The lowest BCUT2D eigenvalue weighted by Gasteiger charge is -2.41. The molecule has 2 amide bonds. The molecule has 0 fully saturated rings. The van der Waals surface area contributed by atoms with Crippen LogP contribution in [0.15, 0.2) is 48.5 Å². The van der Waals surface area contributed by atoms with Gasteiger partial charge in [-0.15, -0.1) is 0 Å². The molecule has 0 atom stereocenters. The minimum atomic E-state index is -1.12. The van der Waals surface area contributed by atoms with E-state index >= 15 is 0 Å². The maximum Gasteiger partial charge on any atom is 0.344 e. The fourth-order valence-electron chi connectivity index (χ4n) is 3.24. The number of amides is 2. The second-order valence-corrected chi connectivity index (χ2v) is 7.93. The lowest BCUT2D eigenvalue weighted by Crippen LogP contribution is -2.59. The number of rotatable bonds is 6. The van der Waals surface area contributed by atoms with Gasteiger partial charge in [-0.3, -0.25) is 14.5 Å². The van der Waals surface area contributed by atoms with E-state index in [9.17, 15) is 14.4 Å². The summed E-state index contributed by atoms with van der Waals surface area (Å²) in [5.74, 6) is -0.512. The number of benzene rings is 2. The van der Waals surface area contributed by atoms with Crippen molar-refractivity contribution in [2.75, 3.05) is 23.4 Å². The minimum absolute atomic E-state index is 0.311. The number of nitrogens with zero attached hydrogens (tertiary/aromatic N) is 1. The third-order valence-corrected chi connectivity index (χ3v) is 5.02. The van der Waals surface area contributed by atoms with Gasteiger partial charge in [0.15, 0.2) is 13.2 Å². The third-order valence-electron chi connectivity index (χ3n) is 5.02. The number of carbonyl (C=O) groups is 3. The molecular weight excluding hydrogens is 384 g/mol. The molecule has 0 radical (unpaired) electrons. The summed E-state index contributed by atoms with van der Waals surface area (Å²) in [4.78, 5) is 38.7. The average molecular weight is 410 g/mol. The summed E-state index contributed by atoms with van der Waals surface area (Å²) in [5.41, 5.74) is 1.15.